The van der Waals surface area contributed by atoms with Crippen LogP contribution >= 0.6 is 0 Å². The minimum Gasteiger partial charge on any atom is -0.339 e. The molecule has 15 heavy (non-hydrogen) atoms. The van der Waals surface area contributed by atoms with Gasteiger partial charge in [-0.15, -0.1) is 0 Å². The quantitative estimate of drug-likeness (QED) is 0.783. The van der Waals surface area contributed by atoms with Gasteiger partial charge in [0.15, 0.2) is 5.82 Å². The van der Waals surface area contributed by atoms with E-state index in [2.05, 4.69) is 24.0 Å². The fraction of sp³-hybridized carbons (Fsp3) is 0.800. The molecule has 0 aliphatic carbocycles. The van der Waals surface area contributed by atoms with Crippen molar-refractivity contribution in [3.8, 4) is 0 Å². The smallest absolute Gasteiger partial charge is 0.231 e. The van der Waals surface area contributed by atoms with Crippen LogP contribution in [0.1, 0.15) is 31.5 Å². The number of rotatable bonds is 5. The SMILES string of the molecule is CC(C)C(CN)c1nc(CN(C)C)no1. The lowest BCUT2D eigenvalue weighted by Gasteiger charge is -2.13. The first-order chi connectivity index (χ1) is 7.04. The van der Waals surface area contributed by atoms with E-state index in [0.29, 0.717) is 30.7 Å². The number of nitrogens with zero attached hydrogens (tertiary/aromatic N) is 3. The zero-order valence-electron chi connectivity index (χ0n) is 9.90. The van der Waals surface area contributed by atoms with Crippen LogP contribution in [0.25, 0.3) is 0 Å². The molecule has 1 rings (SSSR count). The largest absolute Gasteiger partial charge is 0.339 e. The Morgan fingerprint density at radius 2 is 2.07 bits per heavy atom. The van der Waals surface area contributed by atoms with Gasteiger partial charge in [-0.25, -0.2) is 0 Å². The summed E-state index contributed by atoms with van der Waals surface area (Å²) in [6.07, 6.45) is 0. The van der Waals surface area contributed by atoms with E-state index in [-0.39, 0.29) is 5.92 Å². The second kappa shape index (κ2) is 5.23. The Balaban J connectivity index is 2.73. The van der Waals surface area contributed by atoms with Gasteiger partial charge in [0.1, 0.15) is 0 Å². The molecule has 0 aliphatic rings. The Hall–Kier alpha value is -0.940. The summed E-state index contributed by atoms with van der Waals surface area (Å²) in [7, 11) is 3.94. The van der Waals surface area contributed by atoms with Crippen molar-refractivity contribution in [1.82, 2.24) is 15.0 Å². The van der Waals surface area contributed by atoms with Crippen molar-refractivity contribution in [3.63, 3.8) is 0 Å². The van der Waals surface area contributed by atoms with Gasteiger partial charge in [0.2, 0.25) is 5.89 Å². The average molecular weight is 212 g/mol. The van der Waals surface area contributed by atoms with Crippen molar-refractivity contribution in [2.45, 2.75) is 26.3 Å². The molecule has 0 saturated carbocycles. The molecule has 0 saturated heterocycles. The van der Waals surface area contributed by atoms with Gasteiger partial charge in [0.25, 0.3) is 0 Å². The van der Waals surface area contributed by atoms with Crippen LogP contribution in [0.15, 0.2) is 4.52 Å². The lowest BCUT2D eigenvalue weighted by atomic mass is 9.96. The molecule has 1 aromatic heterocycles. The summed E-state index contributed by atoms with van der Waals surface area (Å²) in [4.78, 5) is 6.34. The van der Waals surface area contributed by atoms with Crippen LogP contribution in [0.4, 0.5) is 0 Å². The van der Waals surface area contributed by atoms with E-state index in [1.807, 2.05) is 19.0 Å². The molecule has 0 bridgehead atoms. The Morgan fingerprint density at radius 3 is 2.53 bits per heavy atom. The Morgan fingerprint density at radius 1 is 1.40 bits per heavy atom. The molecule has 0 amide bonds. The molecule has 1 unspecified atom stereocenters. The summed E-state index contributed by atoms with van der Waals surface area (Å²) in [5.41, 5.74) is 5.68. The van der Waals surface area contributed by atoms with Crippen molar-refractivity contribution in [2.75, 3.05) is 20.6 Å². The van der Waals surface area contributed by atoms with Crippen LogP contribution in [0, 0.1) is 5.92 Å². The monoisotopic (exact) mass is 212 g/mol. The highest BCUT2D eigenvalue weighted by Crippen LogP contribution is 2.21. The topological polar surface area (TPSA) is 68.2 Å². The molecule has 1 heterocycles. The summed E-state index contributed by atoms with van der Waals surface area (Å²) < 4.78 is 5.21. The van der Waals surface area contributed by atoms with Crippen molar-refractivity contribution in [2.24, 2.45) is 11.7 Å². The Labute approximate surface area is 90.6 Å². The van der Waals surface area contributed by atoms with Crippen molar-refractivity contribution < 1.29 is 4.52 Å². The van der Waals surface area contributed by atoms with E-state index in [4.69, 9.17) is 10.3 Å². The second-order valence-corrected chi connectivity index (χ2v) is 4.37. The second-order valence-electron chi connectivity index (χ2n) is 4.37. The van der Waals surface area contributed by atoms with E-state index in [0.717, 1.165) is 0 Å². The molecule has 86 valence electrons. The maximum Gasteiger partial charge on any atom is 0.231 e. The fourth-order valence-corrected chi connectivity index (χ4v) is 1.42. The van der Waals surface area contributed by atoms with E-state index in [1.54, 1.807) is 0 Å². The van der Waals surface area contributed by atoms with Crippen molar-refractivity contribution in [3.05, 3.63) is 11.7 Å². The van der Waals surface area contributed by atoms with Gasteiger partial charge in [-0.2, -0.15) is 4.98 Å². The highest BCUT2D eigenvalue weighted by Gasteiger charge is 2.20. The van der Waals surface area contributed by atoms with E-state index < -0.39 is 0 Å². The first kappa shape index (κ1) is 12.1. The molecule has 0 fully saturated rings. The minimum atomic E-state index is 0.161. The highest BCUT2D eigenvalue weighted by atomic mass is 16.5. The van der Waals surface area contributed by atoms with Gasteiger partial charge in [0, 0.05) is 6.54 Å². The van der Waals surface area contributed by atoms with Crippen LogP contribution < -0.4 is 5.73 Å². The van der Waals surface area contributed by atoms with Gasteiger partial charge < -0.3 is 15.2 Å². The number of nitrogens with two attached hydrogens (primary N) is 1. The molecule has 5 nitrogen and oxygen atoms in total. The predicted molar refractivity (Wildman–Crippen MR) is 58.3 cm³/mol. The Kier molecular flexibility index (Phi) is 4.23. The highest BCUT2D eigenvalue weighted by molar-refractivity contribution is 4.96. The maximum absolute atomic E-state index is 5.68. The van der Waals surface area contributed by atoms with Crippen LogP contribution in [-0.4, -0.2) is 35.7 Å². The van der Waals surface area contributed by atoms with Crippen LogP contribution in [0.2, 0.25) is 0 Å². The summed E-state index contributed by atoms with van der Waals surface area (Å²) >= 11 is 0. The van der Waals surface area contributed by atoms with Crippen LogP contribution in [0.5, 0.6) is 0 Å². The number of aromatic nitrogens is 2. The zero-order valence-corrected chi connectivity index (χ0v) is 9.90. The molecule has 1 aromatic rings. The normalized spacial score (nSPS) is 13.8. The average Bonchev–Trinajstić information content (AvgIpc) is 2.52. The van der Waals surface area contributed by atoms with Crippen LogP contribution in [0.3, 0.4) is 0 Å². The lowest BCUT2D eigenvalue weighted by Crippen LogP contribution is -2.18. The van der Waals surface area contributed by atoms with E-state index in [9.17, 15) is 0 Å². The summed E-state index contributed by atoms with van der Waals surface area (Å²) in [5, 5.41) is 3.92. The standard InChI is InChI=1S/C10H20N4O/c1-7(2)8(5-11)10-12-9(13-15-10)6-14(3)4/h7-8H,5-6,11H2,1-4H3. The maximum atomic E-state index is 5.68. The summed E-state index contributed by atoms with van der Waals surface area (Å²) in [5.74, 6) is 1.95. The molecule has 5 heteroatoms. The zero-order chi connectivity index (χ0) is 11.4. The van der Waals surface area contributed by atoms with Gasteiger partial charge in [-0.05, 0) is 20.0 Å². The lowest BCUT2D eigenvalue weighted by molar-refractivity contribution is 0.315. The molecule has 1 atom stereocenters. The first-order valence-electron chi connectivity index (χ1n) is 5.21. The number of hydrogen-bond donors (Lipinski definition) is 1. The van der Waals surface area contributed by atoms with E-state index in [1.165, 1.54) is 0 Å². The van der Waals surface area contributed by atoms with Gasteiger partial charge in [-0.3, -0.25) is 0 Å². The van der Waals surface area contributed by atoms with Gasteiger partial charge >= 0.3 is 0 Å². The molecule has 0 radical (unpaired) electrons. The van der Waals surface area contributed by atoms with E-state index >= 15 is 0 Å². The van der Waals surface area contributed by atoms with Crippen molar-refractivity contribution >= 4 is 0 Å². The first-order valence-corrected chi connectivity index (χ1v) is 5.21. The van der Waals surface area contributed by atoms with Crippen LogP contribution in [-0.2, 0) is 6.54 Å². The number of hydrogen-bond acceptors (Lipinski definition) is 5. The minimum absolute atomic E-state index is 0.161. The summed E-state index contributed by atoms with van der Waals surface area (Å²) in [6.45, 7) is 5.45. The molecule has 0 aliphatic heterocycles. The molecule has 2 N–H and O–H groups in total. The Bertz CT molecular complexity index is 295. The molecular formula is C10H20N4O. The van der Waals surface area contributed by atoms with Gasteiger partial charge in [0.05, 0.1) is 12.5 Å². The van der Waals surface area contributed by atoms with Crippen molar-refractivity contribution in [1.29, 1.82) is 0 Å². The third-order valence-corrected chi connectivity index (χ3v) is 2.32. The summed E-state index contributed by atoms with van der Waals surface area (Å²) in [6, 6.07) is 0. The molecular weight excluding hydrogens is 192 g/mol. The third kappa shape index (κ3) is 3.28. The molecule has 0 spiro atoms. The predicted octanol–water partition coefficient (Wildman–Crippen LogP) is 0.830. The third-order valence-electron chi connectivity index (χ3n) is 2.32. The molecule has 0 aromatic carbocycles. The van der Waals surface area contributed by atoms with Gasteiger partial charge in [-0.1, -0.05) is 19.0 Å². The fourth-order valence-electron chi connectivity index (χ4n) is 1.42.